The molecular weight excluding hydrogens is 372 g/mol. The lowest BCUT2D eigenvalue weighted by molar-refractivity contribution is -0.114. The fourth-order valence-electron chi connectivity index (χ4n) is 2.15. The number of carbonyl (C=O) groups excluding carboxylic acids is 2. The molecule has 1 aromatic rings. The summed E-state index contributed by atoms with van der Waals surface area (Å²) in [6.07, 6.45) is 5.69. The highest BCUT2D eigenvalue weighted by atomic mass is 35.5. The number of benzene rings is 1. The van der Waals surface area contributed by atoms with Crippen LogP contribution in [0.2, 0.25) is 5.02 Å². The Labute approximate surface area is 164 Å². The molecule has 0 fully saturated rings. The summed E-state index contributed by atoms with van der Waals surface area (Å²) in [4.78, 5) is 24.6. The van der Waals surface area contributed by atoms with Gasteiger partial charge in [-0.05, 0) is 25.8 Å². The maximum absolute atomic E-state index is 12.4. The van der Waals surface area contributed by atoms with Gasteiger partial charge in [0.05, 0.1) is 11.6 Å². The third-order valence-electron chi connectivity index (χ3n) is 3.46. The van der Waals surface area contributed by atoms with Crippen molar-refractivity contribution >= 4 is 23.4 Å². The Bertz CT molecular complexity index is 696. The van der Waals surface area contributed by atoms with E-state index in [2.05, 4.69) is 6.58 Å². The van der Waals surface area contributed by atoms with Crippen LogP contribution in [0.3, 0.4) is 0 Å². The standard InChI is InChI=1S/C20H25ClO6/c1-4-7-9-14(22)11-15-18(20(24)26-10-8-5-2)16(23)12-17(19(15)21)27-13-25-6-3/h5,7,9,12,23H,2,4,6,8,10-11,13H2,1,3H3/b9-7+. The molecule has 0 saturated carbocycles. The van der Waals surface area contributed by atoms with E-state index in [4.69, 9.17) is 25.8 Å². The van der Waals surface area contributed by atoms with Gasteiger partial charge < -0.3 is 19.3 Å². The lowest BCUT2D eigenvalue weighted by atomic mass is 10.00. The normalized spacial score (nSPS) is 10.8. The van der Waals surface area contributed by atoms with E-state index in [1.54, 1.807) is 19.1 Å². The van der Waals surface area contributed by atoms with Gasteiger partial charge in [0.15, 0.2) is 12.6 Å². The molecule has 0 aliphatic carbocycles. The molecule has 1 N–H and O–H groups in total. The minimum atomic E-state index is -0.769. The second-order valence-electron chi connectivity index (χ2n) is 5.48. The Hall–Kier alpha value is -2.31. The van der Waals surface area contributed by atoms with Gasteiger partial charge in [-0.25, -0.2) is 4.79 Å². The van der Waals surface area contributed by atoms with E-state index >= 15 is 0 Å². The first-order valence-electron chi connectivity index (χ1n) is 8.68. The Morgan fingerprint density at radius 2 is 2.07 bits per heavy atom. The van der Waals surface area contributed by atoms with Crippen molar-refractivity contribution in [3.63, 3.8) is 0 Å². The summed E-state index contributed by atoms with van der Waals surface area (Å²) in [7, 11) is 0. The summed E-state index contributed by atoms with van der Waals surface area (Å²) in [5, 5.41) is 10.4. The Kier molecular flexibility index (Phi) is 10.2. The average Bonchev–Trinajstić information content (AvgIpc) is 2.64. The predicted molar refractivity (Wildman–Crippen MR) is 103 cm³/mol. The van der Waals surface area contributed by atoms with Crippen molar-refractivity contribution in [1.29, 1.82) is 0 Å². The quantitative estimate of drug-likeness (QED) is 0.187. The van der Waals surface area contributed by atoms with Crippen molar-refractivity contribution in [2.45, 2.75) is 33.1 Å². The summed E-state index contributed by atoms with van der Waals surface area (Å²) in [6.45, 7) is 7.70. The van der Waals surface area contributed by atoms with Crippen molar-refractivity contribution in [3.05, 3.63) is 47.0 Å². The highest BCUT2D eigenvalue weighted by Gasteiger charge is 2.25. The number of hydrogen-bond donors (Lipinski definition) is 1. The van der Waals surface area contributed by atoms with Crippen LogP contribution in [0.4, 0.5) is 0 Å². The van der Waals surface area contributed by atoms with Crippen LogP contribution in [0.15, 0.2) is 30.9 Å². The number of halogens is 1. The van der Waals surface area contributed by atoms with E-state index in [1.807, 2.05) is 6.92 Å². The fraction of sp³-hybridized carbons (Fsp3) is 0.400. The van der Waals surface area contributed by atoms with Crippen LogP contribution in [0, 0.1) is 0 Å². The van der Waals surface area contributed by atoms with Gasteiger partial charge in [-0.2, -0.15) is 0 Å². The van der Waals surface area contributed by atoms with Crippen LogP contribution < -0.4 is 4.74 Å². The highest BCUT2D eigenvalue weighted by molar-refractivity contribution is 6.33. The molecule has 148 valence electrons. The molecule has 1 aromatic carbocycles. The van der Waals surface area contributed by atoms with Crippen LogP contribution in [0.5, 0.6) is 11.5 Å². The number of phenolic OH excluding ortho intramolecular Hbond substituents is 1. The predicted octanol–water partition coefficient (Wildman–Crippen LogP) is 4.23. The summed E-state index contributed by atoms with van der Waals surface area (Å²) < 4.78 is 15.6. The molecule has 0 heterocycles. The number of carbonyl (C=O) groups is 2. The minimum absolute atomic E-state index is 0.0569. The fourth-order valence-corrected chi connectivity index (χ4v) is 2.42. The van der Waals surface area contributed by atoms with Crippen molar-refractivity contribution < 1.29 is 28.9 Å². The number of ketones is 1. The summed E-state index contributed by atoms with van der Waals surface area (Å²) in [6, 6.07) is 1.21. The summed E-state index contributed by atoms with van der Waals surface area (Å²) >= 11 is 6.36. The zero-order valence-electron chi connectivity index (χ0n) is 15.6. The third-order valence-corrected chi connectivity index (χ3v) is 3.87. The van der Waals surface area contributed by atoms with Crippen LogP contribution in [-0.4, -0.2) is 36.9 Å². The van der Waals surface area contributed by atoms with Crippen molar-refractivity contribution in [3.8, 4) is 11.5 Å². The molecule has 0 aliphatic rings. The highest BCUT2D eigenvalue weighted by Crippen LogP contribution is 2.38. The summed E-state index contributed by atoms with van der Waals surface area (Å²) in [5.41, 5.74) is 0.00333. The molecule has 0 unspecified atom stereocenters. The molecule has 1 rings (SSSR count). The Morgan fingerprint density at radius 3 is 2.70 bits per heavy atom. The SMILES string of the molecule is C=CCCOC(=O)c1c(O)cc(OCOCC)c(Cl)c1CC(=O)/C=C/CC. The van der Waals surface area contributed by atoms with Crippen molar-refractivity contribution in [2.24, 2.45) is 0 Å². The average molecular weight is 397 g/mol. The molecule has 0 radical (unpaired) electrons. The molecule has 6 nitrogen and oxygen atoms in total. The van der Waals surface area contributed by atoms with Crippen molar-refractivity contribution in [2.75, 3.05) is 20.0 Å². The van der Waals surface area contributed by atoms with Crippen LogP contribution in [0.25, 0.3) is 0 Å². The Balaban J connectivity index is 3.26. The summed E-state index contributed by atoms with van der Waals surface area (Å²) in [5.74, 6) is -1.29. The van der Waals surface area contributed by atoms with E-state index in [9.17, 15) is 14.7 Å². The molecule has 0 amide bonds. The molecule has 0 bridgehead atoms. The van der Waals surface area contributed by atoms with Gasteiger partial charge in [0.1, 0.15) is 17.1 Å². The largest absolute Gasteiger partial charge is 0.507 e. The van der Waals surface area contributed by atoms with E-state index < -0.39 is 5.97 Å². The number of rotatable bonds is 12. The molecule has 0 atom stereocenters. The smallest absolute Gasteiger partial charge is 0.342 e. The van der Waals surface area contributed by atoms with Gasteiger partial charge in [-0.3, -0.25) is 4.79 Å². The number of phenols is 1. The number of allylic oxidation sites excluding steroid dienone is 2. The van der Waals surface area contributed by atoms with Crippen molar-refractivity contribution in [1.82, 2.24) is 0 Å². The first-order valence-corrected chi connectivity index (χ1v) is 9.06. The molecule has 7 heteroatoms. The second kappa shape index (κ2) is 12.1. The van der Waals surface area contributed by atoms with Gasteiger partial charge in [0.25, 0.3) is 0 Å². The first-order chi connectivity index (χ1) is 13.0. The van der Waals surface area contributed by atoms with Crippen LogP contribution in [-0.2, 0) is 20.7 Å². The molecule has 0 aromatic heterocycles. The van der Waals surface area contributed by atoms with Gasteiger partial charge in [-0.15, -0.1) is 6.58 Å². The van der Waals surface area contributed by atoms with E-state index in [0.29, 0.717) is 19.4 Å². The zero-order valence-corrected chi connectivity index (χ0v) is 16.4. The van der Waals surface area contributed by atoms with E-state index in [0.717, 1.165) is 0 Å². The lowest BCUT2D eigenvalue weighted by Crippen LogP contribution is -2.13. The molecular formula is C20H25ClO6. The van der Waals surface area contributed by atoms with Crippen LogP contribution >= 0.6 is 11.6 Å². The Morgan fingerprint density at radius 1 is 1.33 bits per heavy atom. The maximum atomic E-state index is 12.4. The third kappa shape index (κ3) is 7.07. The maximum Gasteiger partial charge on any atom is 0.342 e. The zero-order chi connectivity index (χ0) is 20.2. The molecule has 0 aliphatic heterocycles. The van der Waals surface area contributed by atoms with Gasteiger partial charge in [-0.1, -0.05) is 30.7 Å². The van der Waals surface area contributed by atoms with Crippen LogP contribution in [0.1, 0.15) is 42.6 Å². The minimum Gasteiger partial charge on any atom is -0.507 e. The monoisotopic (exact) mass is 396 g/mol. The molecule has 0 spiro atoms. The number of aromatic hydroxyl groups is 1. The van der Waals surface area contributed by atoms with Gasteiger partial charge >= 0.3 is 5.97 Å². The molecule has 27 heavy (non-hydrogen) atoms. The van der Waals surface area contributed by atoms with Gasteiger partial charge in [0.2, 0.25) is 0 Å². The lowest BCUT2D eigenvalue weighted by Gasteiger charge is -2.16. The first kappa shape index (κ1) is 22.7. The topological polar surface area (TPSA) is 82.1 Å². The number of ether oxygens (including phenoxy) is 3. The van der Waals surface area contributed by atoms with E-state index in [-0.39, 0.29) is 53.3 Å². The van der Waals surface area contributed by atoms with E-state index in [1.165, 1.54) is 12.1 Å². The number of hydrogen-bond acceptors (Lipinski definition) is 6. The molecule has 0 saturated heterocycles. The second-order valence-corrected chi connectivity index (χ2v) is 5.86. The number of esters is 1. The van der Waals surface area contributed by atoms with Gasteiger partial charge in [0, 0.05) is 24.7 Å².